The number of para-hydroxylation sites is 1. The van der Waals surface area contributed by atoms with Crippen LogP contribution in [-0.4, -0.2) is 60.5 Å². The molecule has 0 aromatic heterocycles. The van der Waals surface area contributed by atoms with E-state index in [1.807, 2.05) is 0 Å². The number of benzene rings is 2. The predicted octanol–water partition coefficient (Wildman–Crippen LogP) is 6.43. The van der Waals surface area contributed by atoms with E-state index in [0.29, 0.717) is 36.3 Å². The number of carbonyl (C=O) groups is 3. The van der Waals surface area contributed by atoms with E-state index >= 15 is 0 Å². The fourth-order valence-electron chi connectivity index (χ4n) is 5.63. The average Bonchev–Trinajstić information content (AvgIpc) is 3.08. The van der Waals surface area contributed by atoms with Gasteiger partial charge in [-0.2, -0.15) is 13.2 Å². The second-order valence-electron chi connectivity index (χ2n) is 10.5. The maximum Gasteiger partial charge on any atom is 0.416 e. The summed E-state index contributed by atoms with van der Waals surface area (Å²) in [5.74, 6) is -0.302. The number of anilines is 3. The number of imide groups is 1. The van der Waals surface area contributed by atoms with Crippen molar-refractivity contribution in [3.05, 3.63) is 77.5 Å². The number of nitrogens with one attached hydrogen (secondary N) is 1. The lowest BCUT2D eigenvalue weighted by atomic mass is 10.0. The maximum absolute atomic E-state index is 14.2. The van der Waals surface area contributed by atoms with Crippen molar-refractivity contribution >= 4 is 35.0 Å². The Kier molecular flexibility index (Phi) is 8.67. The molecule has 0 saturated carbocycles. The van der Waals surface area contributed by atoms with Crippen molar-refractivity contribution in [3.8, 4) is 0 Å². The second kappa shape index (κ2) is 12.4. The quantitative estimate of drug-likeness (QED) is 0.409. The molecule has 1 N–H and O–H groups in total. The standard InChI is InChI=1S/C31H34F3N5O3/c1-2-37-26-15-14-23(31(32,33)34)21-27(26)38(24-11-5-3-6-12-24)30(42)39(29(37)41)25-13-9-10-22(20-25)28(40)35-16-19-36-17-7-4-8-18-36/h3,5-6,10-12,14-15,20-21H,2,4,7-9,13,16-19H2,1H3,(H,35,40). The third kappa shape index (κ3) is 6.06. The zero-order chi connectivity index (χ0) is 29.9. The van der Waals surface area contributed by atoms with Gasteiger partial charge in [-0.3, -0.25) is 14.6 Å². The number of urea groups is 2. The zero-order valence-electron chi connectivity index (χ0n) is 23.5. The molecule has 0 atom stereocenters. The molecule has 0 spiro atoms. The number of nitrogens with zero attached hydrogens (tertiary/aromatic N) is 4. The van der Waals surface area contributed by atoms with Crippen molar-refractivity contribution in [2.24, 2.45) is 0 Å². The summed E-state index contributed by atoms with van der Waals surface area (Å²) >= 11 is 0. The van der Waals surface area contributed by atoms with Crippen LogP contribution in [0, 0.1) is 0 Å². The third-order valence-corrected chi connectivity index (χ3v) is 7.77. The van der Waals surface area contributed by atoms with Gasteiger partial charge in [-0.25, -0.2) is 14.5 Å². The molecule has 8 nitrogen and oxygen atoms in total. The first kappa shape index (κ1) is 29.4. The molecule has 2 heterocycles. The summed E-state index contributed by atoms with van der Waals surface area (Å²) < 4.78 is 41.3. The van der Waals surface area contributed by atoms with Crippen LogP contribution in [0.5, 0.6) is 0 Å². The molecule has 222 valence electrons. The fraction of sp³-hybridized carbons (Fsp3) is 0.387. The first-order valence-electron chi connectivity index (χ1n) is 14.3. The molecule has 1 fully saturated rings. The van der Waals surface area contributed by atoms with Crippen molar-refractivity contribution in [1.29, 1.82) is 0 Å². The summed E-state index contributed by atoms with van der Waals surface area (Å²) in [6, 6.07) is 9.78. The Labute approximate surface area is 243 Å². The van der Waals surface area contributed by atoms with Crippen LogP contribution in [0.25, 0.3) is 0 Å². The second-order valence-corrected chi connectivity index (χ2v) is 10.5. The summed E-state index contributed by atoms with van der Waals surface area (Å²) in [6.45, 7) is 5.05. The molecule has 5 rings (SSSR count). The molecule has 1 aliphatic carbocycles. The molecule has 3 aliphatic rings. The van der Waals surface area contributed by atoms with Gasteiger partial charge in [-0.1, -0.05) is 30.7 Å². The summed E-state index contributed by atoms with van der Waals surface area (Å²) in [4.78, 5) is 46.9. The lowest BCUT2D eigenvalue weighted by Crippen LogP contribution is -2.47. The highest BCUT2D eigenvalue weighted by atomic mass is 19.4. The maximum atomic E-state index is 14.2. The van der Waals surface area contributed by atoms with E-state index in [0.717, 1.165) is 54.4 Å². The van der Waals surface area contributed by atoms with Gasteiger partial charge in [-0.15, -0.1) is 0 Å². The molecule has 5 amide bonds. The molecule has 42 heavy (non-hydrogen) atoms. The molecule has 2 aromatic carbocycles. The highest BCUT2D eigenvalue weighted by Gasteiger charge is 2.42. The van der Waals surface area contributed by atoms with Crippen molar-refractivity contribution < 1.29 is 27.6 Å². The number of piperidine rings is 1. The number of carbonyl (C=O) groups excluding carboxylic acids is 3. The largest absolute Gasteiger partial charge is 0.416 e. The summed E-state index contributed by atoms with van der Waals surface area (Å²) in [5.41, 5.74) is 0.138. The smallest absolute Gasteiger partial charge is 0.351 e. The number of hydrogen-bond donors (Lipinski definition) is 1. The molecule has 11 heteroatoms. The van der Waals surface area contributed by atoms with E-state index < -0.39 is 23.8 Å². The van der Waals surface area contributed by atoms with Crippen LogP contribution in [0.1, 0.15) is 44.6 Å². The molecular formula is C31H34F3N5O3. The van der Waals surface area contributed by atoms with Gasteiger partial charge < -0.3 is 10.2 Å². The topological polar surface area (TPSA) is 76.2 Å². The van der Waals surface area contributed by atoms with Gasteiger partial charge in [-0.05, 0) is 82.1 Å². The normalized spacial score (nSPS) is 18.3. The Morgan fingerprint density at radius 3 is 2.36 bits per heavy atom. The molecule has 0 bridgehead atoms. The summed E-state index contributed by atoms with van der Waals surface area (Å²) in [5, 5.41) is 2.94. The number of allylic oxidation sites excluding steroid dienone is 2. The van der Waals surface area contributed by atoms with Crippen LogP contribution in [0.15, 0.2) is 72.0 Å². The number of alkyl halides is 3. The molecule has 2 aliphatic heterocycles. The van der Waals surface area contributed by atoms with E-state index in [-0.39, 0.29) is 23.8 Å². The van der Waals surface area contributed by atoms with Crippen molar-refractivity contribution in [2.75, 3.05) is 42.5 Å². The Hall–Kier alpha value is -4.12. The van der Waals surface area contributed by atoms with E-state index in [4.69, 9.17) is 0 Å². The van der Waals surface area contributed by atoms with Gasteiger partial charge in [0.05, 0.1) is 22.6 Å². The van der Waals surface area contributed by atoms with Gasteiger partial charge in [0.25, 0.3) is 5.91 Å². The van der Waals surface area contributed by atoms with Crippen LogP contribution < -0.4 is 15.1 Å². The fourth-order valence-corrected chi connectivity index (χ4v) is 5.63. The van der Waals surface area contributed by atoms with Gasteiger partial charge in [0, 0.05) is 30.9 Å². The first-order valence-corrected chi connectivity index (χ1v) is 14.3. The minimum Gasteiger partial charge on any atom is -0.351 e. The van der Waals surface area contributed by atoms with Crippen LogP contribution in [0.4, 0.5) is 39.8 Å². The minimum absolute atomic E-state index is 0.0543. The molecule has 0 unspecified atom stereocenters. The number of rotatable bonds is 7. The Balaban J connectivity index is 1.48. The van der Waals surface area contributed by atoms with E-state index in [1.165, 1.54) is 23.5 Å². The highest BCUT2D eigenvalue weighted by molar-refractivity contribution is 6.17. The Morgan fingerprint density at radius 2 is 1.67 bits per heavy atom. The highest BCUT2D eigenvalue weighted by Crippen LogP contribution is 2.43. The summed E-state index contributed by atoms with van der Waals surface area (Å²) in [7, 11) is 0. The van der Waals surface area contributed by atoms with E-state index in [1.54, 1.807) is 43.3 Å². The van der Waals surface area contributed by atoms with Gasteiger partial charge >= 0.3 is 18.2 Å². The van der Waals surface area contributed by atoms with Crippen LogP contribution in [-0.2, 0) is 11.0 Å². The summed E-state index contributed by atoms with van der Waals surface area (Å²) in [6.07, 6.45) is 2.89. The zero-order valence-corrected chi connectivity index (χ0v) is 23.5. The van der Waals surface area contributed by atoms with Gasteiger partial charge in [0.1, 0.15) is 0 Å². The number of halogens is 3. The number of fused-ring (bicyclic) bond motifs is 1. The average molecular weight is 582 g/mol. The lowest BCUT2D eigenvalue weighted by Gasteiger charge is -2.30. The monoisotopic (exact) mass is 581 g/mol. The van der Waals surface area contributed by atoms with Crippen molar-refractivity contribution in [1.82, 2.24) is 15.1 Å². The van der Waals surface area contributed by atoms with Crippen LogP contribution in [0.2, 0.25) is 0 Å². The molecular weight excluding hydrogens is 547 g/mol. The Morgan fingerprint density at radius 1 is 0.929 bits per heavy atom. The number of hydrogen-bond acceptors (Lipinski definition) is 4. The number of amides is 5. The minimum atomic E-state index is -4.65. The van der Waals surface area contributed by atoms with Crippen molar-refractivity contribution in [2.45, 2.75) is 45.2 Å². The van der Waals surface area contributed by atoms with E-state index in [9.17, 15) is 27.6 Å². The SMILES string of the molecule is CCN1C(=O)N(C2=CC(C(=O)NCCN3CCCCC3)=CCC2)C(=O)N(c2ccccc2)c2cc(C(F)(F)F)ccc21. The van der Waals surface area contributed by atoms with Crippen LogP contribution in [0.3, 0.4) is 0 Å². The molecule has 0 radical (unpaired) electrons. The Bertz CT molecular complexity index is 1400. The first-order chi connectivity index (χ1) is 20.2. The third-order valence-electron chi connectivity index (χ3n) is 7.77. The van der Waals surface area contributed by atoms with Crippen LogP contribution >= 0.6 is 0 Å². The van der Waals surface area contributed by atoms with Gasteiger partial charge in [0.2, 0.25) is 0 Å². The lowest BCUT2D eigenvalue weighted by molar-refractivity contribution is -0.137. The molecule has 2 aromatic rings. The van der Waals surface area contributed by atoms with E-state index in [2.05, 4.69) is 10.2 Å². The molecule has 1 saturated heterocycles. The predicted molar refractivity (Wildman–Crippen MR) is 154 cm³/mol. The van der Waals surface area contributed by atoms with Crippen molar-refractivity contribution in [3.63, 3.8) is 0 Å². The van der Waals surface area contributed by atoms with Gasteiger partial charge in [0.15, 0.2) is 0 Å². The number of likely N-dealkylation sites (tertiary alicyclic amines) is 1.